The van der Waals surface area contributed by atoms with Gasteiger partial charge < -0.3 is 10.0 Å². The van der Waals surface area contributed by atoms with Crippen LogP contribution >= 0.6 is 0 Å². The fourth-order valence-corrected chi connectivity index (χ4v) is 4.57. The Kier molecular flexibility index (Phi) is 5.37. The number of halogens is 5. The zero-order valence-corrected chi connectivity index (χ0v) is 18.8. The Hall–Kier alpha value is -3.76. The Morgan fingerprint density at radius 3 is 2.57 bits per heavy atom. The molecule has 0 saturated carbocycles. The minimum absolute atomic E-state index is 0.151. The van der Waals surface area contributed by atoms with Gasteiger partial charge in [0.05, 0.1) is 10.9 Å². The second kappa shape index (κ2) is 8.17. The number of aryl methyl sites for hydroxylation is 2. The van der Waals surface area contributed by atoms with Crippen LogP contribution < -0.4 is 4.90 Å². The first-order valence-corrected chi connectivity index (χ1v) is 10.9. The van der Waals surface area contributed by atoms with Gasteiger partial charge in [0.1, 0.15) is 5.69 Å². The summed E-state index contributed by atoms with van der Waals surface area (Å²) in [4.78, 5) is 10.7. The van der Waals surface area contributed by atoms with Crippen molar-refractivity contribution in [2.75, 3.05) is 11.9 Å². The van der Waals surface area contributed by atoms with Crippen LogP contribution in [0, 0.1) is 11.6 Å². The maximum Gasteiger partial charge on any atom is 0.419 e. The molecular weight excluding hydrogens is 469 g/mol. The van der Waals surface area contributed by atoms with Crippen LogP contribution in [-0.2, 0) is 26.1 Å². The van der Waals surface area contributed by atoms with Crippen LogP contribution in [0.1, 0.15) is 29.5 Å². The molecule has 5 rings (SSSR count). The third-order valence-electron chi connectivity index (χ3n) is 6.34. The average Bonchev–Trinajstić information content (AvgIpc) is 3.16. The molecule has 1 N–H and O–H groups in total. The smallest absolute Gasteiger partial charge is 0.419 e. The van der Waals surface area contributed by atoms with Gasteiger partial charge in [-0.2, -0.15) is 23.3 Å². The number of hydrogen-bond donors (Lipinski definition) is 1. The summed E-state index contributed by atoms with van der Waals surface area (Å²) in [5.41, 5.74) is 0.939. The lowest BCUT2D eigenvalue weighted by Gasteiger charge is -2.25. The van der Waals surface area contributed by atoms with E-state index in [4.69, 9.17) is 0 Å². The normalized spacial score (nSPS) is 13.8. The summed E-state index contributed by atoms with van der Waals surface area (Å²) in [6.07, 6.45) is 0.334. The van der Waals surface area contributed by atoms with E-state index in [-0.39, 0.29) is 16.7 Å². The van der Waals surface area contributed by atoms with Gasteiger partial charge >= 0.3 is 6.18 Å². The molecule has 6 nitrogen and oxygen atoms in total. The first kappa shape index (κ1) is 23.0. The average molecular weight is 489 g/mol. The largest absolute Gasteiger partial charge is 0.503 e. The van der Waals surface area contributed by atoms with Crippen LogP contribution in [0.4, 0.5) is 33.6 Å². The van der Waals surface area contributed by atoms with Crippen LogP contribution in [0.15, 0.2) is 30.5 Å². The van der Waals surface area contributed by atoms with Crippen molar-refractivity contribution in [3.8, 4) is 17.0 Å². The number of anilines is 2. The van der Waals surface area contributed by atoms with Gasteiger partial charge in [-0.3, -0.25) is 0 Å². The van der Waals surface area contributed by atoms with Gasteiger partial charge in [-0.05, 0) is 48.9 Å². The van der Waals surface area contributed by atoms with E-state index in [0.29, 0.717) is 12.0 Å². The molecular formula is C24H20F5N5O. The summed E-state index contributed by atoms with van der Waals surface area (Å²) in [7, 11) is 3.31. The van der Waals surface area contributed by atoms with E-state index in [9.17, 15) is 27.1 Å². The highest BCUT2D eigenvalue weighted by atomic mass is 19.4. The molecule has 0 fully saturated rings. The molecule has 1 aliphatic carbocycles. The van der Waals surface area contributed by atoms with E-state index in [0.717, 1.165) is 31.4 Å². The molecule has 0 aliphatic heterocycles. The topological polar surface area (TPSA) is 67.1 Å². The third-order valence-corrected chi connectivity index (χ3v) is 6.34. The summed E-state index contributed by atoms with van der Waals surface area (Å²) in [6.45, 7) is 0. The van der Waals surface area contributed by atoms with E-state index >= 15 is 0 Å². The molecule has 0 spiro atoms. The summed E-state index contributed by atoms with van der Waals surface area (Å²) in [5.74, 6) is -5.03. The summed E-state index contributed by atoms with van der Waals surface area (Å²) < 4.78 is 69.7. The van der Waals surface area contributed by atoms with E-state index in [1.54, 1.807) is 0 Å². The second-order valence-electron chi connectivity index (χ2n) is 8.51. The molecule has 0 unspecified atom stereocenters. The van der Waals surface area contributed by atoms with Crippen molar-refractivity contribution < 1.29 is 27.1 Å². The Bertz CT molecular complexity index is 1460. The fraction of sp³-hybridized carbons (Fsp3) is 0.292. The van der Waals surface area contributed by atoms with E-state index < -0.39 is 34.7 Å². The first-order chi connectivity index (χ1) is 16.6. The lowest BCUT2D eigenvalue weighted by atomic mass is 9.90. The standard InChI is InChI=1S/C24H20F5N5O/c1-33(17-9-5-7-12-6-3-4-8-13(12)17)23-30-11-15-20(32-34(2)22(15)31-23)14-10-16(24(27,28)29)19(26)21(35)18(14)25/h5,7,9-11,35H,3-4,6,8H2,1-2H3. The lowest BCUT2D eigenvalue weighted by Crippen LogP contribution is -2.17. The van der Waals surface area contributed by atoms with Gasteiger partial charge in [0.2, 0.25) is 5.95 Å². The highest BCUT2D eigenvalue weighted by molar-refractivity contribution is 5.92. The van der Waals surface area contributed by atoms with Gasteiger partial charge in [0.25, 0.3) is 0 Å². The number of nitrogens with zero attached hydrogens (tertiary/aromatic N) is 5. The van der Waals surface area contributed by atoms with Crippen molar-refractivity contribution in [1.82, 2.24) is 19.7 Å². The van der Waals surface area contributed by atoms with Crippen LogP contribution in [0.2, 0.25) is 0 Å². The van der Waals surface area contributed by atoms with Crippen molar-refractivity contribution in [3.63, 3.8) is 0 Å². The molecule has 0 bridgehead atoms. The predicted octanol–water partition coefficient (Wildman–Crippen LogP) is 5.68. The van der Waals surface area contributed by atoms with E-state index in [2.05, 4.69) is 21.1 Å². The molecule has 0 radical (unpaired) electrons. The Balaban J connectivity index is 1.63. The minimum atomic E-state index is -5.14. The number of benzene rings is 2. The summed E-state index contributed by atoms with van der Waals surface area (Å²) in [6, 6.07) is 6.34. The van der Waals surface area contributed by atoms with Crippen LogP contribution in [0.25, 0.3) is 22.3 Å². The zero-order chi connectivity index (χ0) is 25.1. The van der Waals surface area contributed by atoms with Gasteiger partial charge in [0.15, 0.2) is 23.0 Å². The minimum Gasteiger partial charge on any atom is -0.503 e. The zero-order valence-electron chi connectivity index (χ0n) is 18.8. The third kappa shape index (κ3) is 3.75. The number of fused-ring (bicyclic) bond motifs is 2. The van der Waals surface area contributed by atoms with Gasteiger partial charge in [0, 0.05) is 31.5 Å². The Labute approximate surface area is 196 Å². The molecule has 35 heavy (non-hydrogen) atoms. The molecule has 0 amide bonds. The predicted molar refractivity (Wildman–Crippen MR) is 119 cm³/mol. The van der Waals surface area contributed by atoms with Crippen LogP contribution in [0.3, 0.4) is 0 Å². The number of aromatic hydroxyl groups is 1. The highest BCUT2D eigenvalue weighted by Crippen LogP contribution is 2.41. The lowest BCUT2D eigenvalue weighted by molar-refractivity contribution is -0.140. The highest BCUT2D eigenvalue weighted by Gasteiger charge is 2.38. The molecule has 4 aromatic rings. The van der Waals surface area contributed by atoms with Gasteiger partial charge in [-0.1, -0.05) is 12.1 Å². The molecule has 11 heteroatoms. The Morgan fingerprint density at radius 1 is 1.09 bits per heavy atom. The fourth-order valence-electron chi connectivity index (χ4n) is 4.57. The first-order valence-electron chi connectivity index (χ1n) is 10.9. The van der Waals surface area contributed by atoms with Crippen molar-refractivity contribution >= 4 is 22.7 Å². The molecule has 0 atom stereocenters. The maximum absolute atomic E-state index is 14.7. The molecule has 2 aromatic heterocycles. The number of aromatic nitrogens is 4. The van der Waals surface area contributed by atoms with Crippen molar-refractivity contribution in [2.24, 2.45) is 7.05 Å². The molecule has 2 aromatic carbocycles. The molecule has 1 aliphatic rings. The number of phenolic OH excluding ortho intramolecular Hbond substituents is 1. The quantitative estimate of drug-likeness (QED) is 0.375. The molecule has 2 heterocycles. The van der Waals surface area contributed by atoms with E-state index in [1.165, 1.54) is 29.1 Å². The summed E-state index contributed by atoms with van der Waals surface area (Å²) in [5, 5.41) is 14.0. The summed E-state index contributed by atoms with van der Waals surface area (Å²) >= 11 is 0. The number of phenols is 1. The Morgan fingerprint density at radius 2 is 1.83 bits per heavy atom. The van der Waals surface area contributed by atoms with Gasteiger partial charge in [-0.15, -0.1) is 0 Å². The maximum atomic E-state index is 14.7. The van der Waals surface area contributed by atoms with Crippen LogP contribution in [0.5, 0.6) is 5.75 Å². The monoisotopic (exact) mass is 489 g/mol. The second-order valence-corrected chi connectivity index (χ2v) is 8.51. The molecule has 182 valence electrons. The van der Waals surface area contributed by atoms with Crippen molar-refractivity contribution in [2.45, 2.75) is 31.9 Å². The number of alkyl halides is 3. The number of rotatable bonds is 3. The van der Waals surface area contributed by atoms with E-state index in [1.807, 2.05) is 24.1 Å². The van der Waals surface area contributed by atoms with Crippen molar-refractivity contribution in [1.29, 1.82) is 0 Å². The van der Waals surface area contributed by atoms with Crippen LogP contribution in [-0.4, -0.2) is 31.9 Å². The van der Waals surface area contributed by atoms with Gasteiger partial charge in [-0.25, -0.2) is 18.4 Å². The van der Waals surface area contributed by atoms with Crippen molar-refractivity contribution in [3.05, 3.63) is 58.8 Å². The SMILES string of the molecule is CN(c1ncc2c(-c3cc(C(F)(F)F)c(F)c(O)c3F)nn(C)c2n1)c1cccc2c1CCCC2. The number of hydrogen-bond acceptors (Lipinski definition) is 5. The molecule has 0 saturated heterocycles.